The zero-order chi connectivity index (χ0) is 20.7. The Kier molecular flexibility index (Phi) is 5.08. The van der Waals surface area contributed by atoms with Gasteiger partial charge in [0.05, 0.1) is 11.3 Å². The van der Waals surface area contributed by atoms with E-state index in [0.717, 1.165) is 54.1 Å². The molecule has 0 bridgehead atoms. The molecule has 0 unspecified atom stereocenters. The van der Waals surface area contributed by atoms with E-state index in [9.17, 15) is 9.59 Å². The maximum Gasteiger partial charge on any atom is 0.251 e. The number of amides is 2. The minimum absolute atomic E-state index is 0.177. The number of aryl methyl sites for hydroxylation is 1. The summed E-state index contributed by atoms with van der Waals surface area (Å²) in [5.74, 6) is 0.909. The summed E-state index contributed by atoms with van der Waals surface area (Å²) >= 11 is 2.81. The molecule has 30 heavy (non-hydrogen) atoms. The summed E-state index contributed by atoms with van der Waals surface area (Å²) in [7, 11) is 0. The maximum atomic E-state index is 12.7. The number of carbonyl (C=O) groups excluding carboxylic acids is 2. The van der Waals surface area contributed by atoms with Crippen molar-refractivity contribution in [2.45, 2.75) is 43.2 Å². The van der Waals surface area contributed by atoms with Gasteiger partial charge in [-0.1, -0.05) is 30.0 Å². The lowest BCUT2D eigenvalue weighted by atomic mass is 10.1. The highest BCUT2D eigenvalue weighted by Crippen LogP contribution is 2.41. The molecule has 0 spiro atoms. The first-order chi connectivity index (χ1) is 14.6. The van der Waals surface area contributed by atoms with Crippen LogP contribution in [0.3, 0.4) is 0 Å². The molecule has 5 rings (SSSR count). The fourth-order valence-corrected chi connectivity index (χ4v) is 5.92. The minimum Gasteiger partial charge on any atom is -0.365 e. The zero-order valence-electron chi connectivity index (χ0n) is 16.3. The van der Waals surface area contributed by atoms with Gasteiger partial charge >= 0.3 is 0 Å². The lowest BCUT2D eigenvalue weighted by molar-refractivity contribution is -0.113. The van der Waals surface area contributed by atoms with Gasteiger partial charge < -0.3 is 11.1 Å². The van der Waals surface area contributed by atoms with Crippen LogP contribution in [0.25, 0.3) is 5.69 Å². The van der Waals surface area contributed by atoms with Gasteiger partial charge in [0.2, 0.25) is 5.91 Å². The van der Waals surface area contributed by atoms with Crippen molar-refractivity contribution in [3.63, 3.8) is 0 Å². The lowest BCUT2D eigenvalue weighted by Crippen LogP contribution is -2.19. The van der Waals surface area contributed by atoms with Gasteiger partial charge in [-0.05, 0) is 49.8 Å². The molecule has 0 aliphatic heterocycles. The monoisotopic (exact) mass is 439 g/mol. The van der Waals surface area contributed by atoms with Gasteiger partial charge in [0.1, 0.15) is 10.8 Å². The topological polar surface area (TPSA) is 103 Å². The van der Waals surface area contributed by atoms with Gasteiger partial charge in [-0.2, -0.15) is 0 Å². The van der Waals surface area contributed by atoms with Crippen molar-refractivity contribution in [3.05, 3.63) is 52.2 Å². The molecular formula is C21H21N5O2S2. The van der Waals surface area contributed by atoms with Crippen LogP contribution in [0.1, 0.15) is 51.8 Å². The second-order valence-corrected chi connectivity index (χ2v) is 9.60. The summed E-state index contributed by atoms with van der Waals surface area (Å²) < 4.78 is 2.05. The molecule has 7 nitrogen and oxygen atoms in total. The van der Waals surface area contributed by atoms with Crippen LogP contribution in [-0.2, 0) is 17.6 Å². The molecule has 0 atom stereocenters. The fourth-order valence-electron chi connectivity index (χ4n) is 3.85. The predicted octanol–water partition coefficient (Wildman–Crippen LogP) is 3.52. The average molecular weight is 440 g/mol. The molecule has 2 aliphatic carbocycles. The van der Waals surface area contributed by atoms with E-state index in [0.29, 0.717) is 21.6 Å². The van der Waals surface area contributed by atoms with Crippen molar-refractivity contribution in [1.82, 2.24) is 14.8 Å². The largest absolute Gasteiger partial charge is 0.365 e. The molecule has 1 fully saturated rings. The van der Waals surface area contributed by atoms with Crippen molar-refractivity contribution >= 4 is 39.9 Å². The molecular weight excluding hydrogens is 418 g/mol. The van der Waals surface area contributed by atoms with Crippen LogP contribution in [0.2, 0.25) is 0 Å². The number of benzene rings is 1. The normalized spacial score (nSPS) is 15.2. The fraction of sp³-hybridized carbons (Fsp3) is 0.333. The first-order valence-corrected chi connectivity index (χ1v) is 11.8. The van der Waals surface area contributed by atoms with Gasteiger partial charge in [-0.25, -0.2) is 0 Å². The molecule has 3 N–H and O–H groups in total. The number of nitrogens with one attached hydrogen (secondary N) is 1. The Hall–Kier alpha value is -2.65. The summed E-state index contributed by atoms with van der Waals surface area (Å²) in [4.78, 5) is 25.7. The van der Waals surface area contributed by atoms with E-state index in [1.807, 2.05) is 34.9 Å². The van der Waals surface area contributed by atoms with Crippen LogP contribution in [0.4, 0.5) is 5.00 Å². The van der Waals surface area contributed by atoms with Crippen LogP contribution in [0.15, 0.2) is 35.5 Å². The molecule has 2 aliphatic rings. The number of thiophene rings is 1. The number of hydrogen-bond donors (Lipinski definition) is 2. The first kappa shape index (κ1) is 19.3. The molecule has 154 valence electrons. The Morgan fingerprint density at radius 2 is 2.00 bits per heavy atom. The van der Waals surface area contributed by atoms with E-state index < -0.39 is 5.91 Å². The van der Waals surface area contributed by atoms with E-state index in [1.54, 1.807) is 0 Å². The van der Waals surface area contributed by atoms with Crippen LogP contribution >= 0.6 is 23.1 Å². The van der Waals surface area contributed by atoms with Gasteiger partial charge in [0.15, 0.2) is 5.16 Å². The summed E-state index contributed by atoms with van der Waals surface area (Å²) in [5.41, 5.74) is 8.07. The Labute approximate surface area is 182 Å². The van der Waals surface area contributed by atoms with Crippen LogP contribution in [0.5, 0.6) is 0 Å². The van der Waals surface area contributed by atoms with Crippen molar-refractivity contribution in [3.8, 4) is 5.69 Å². The van der Waals surface area contributed by atoms with E-state index in [4.69, 9.17) is 5.73 Å². The van der Waals surface area contributed by atoms with Crippen LogP contribution in [-0.4, -0.2) is 32.3 Å². The van der Waals surface area contributed by atoms with E-state index in [2.05, 4.69) is 15.5 Å². The number of hydrogen-bond acceptors (Lipinski definition) is 6. The zero-order valence-corrected chi connectivity index (χ0v) is 17.9. The number of nitrogens with two attached hydrogens (primary N) is 1. The third-order valence-electron chi connectivity index (χ3n) is 5.37. The van der Waals surface area contributed by atoms with Gasteiger partial charge in [-0.15, -0.1) is 21.5 Å². The van der Waals surface area contributed by atoms with Crippen molar-refractivity contribution in [1.29, 1.82) is 0 Å². The van der Waals surface area contributed by atoms with E-state index in [-0.39, 0.29) is 11.7 Å². The second kappa shape index (κ2) is 7.88. The number of primary amides is 1. The third kappa shape index (κ3) is 3.63. The average Bonchev–Trinajstić information content (AvgIpc) is 3.17. The standard InChI is InChI=1S/C21H21N5O2S2/c22-18(28)17-14-7-4-8-15(14)30-20(17)23-16(27)11-29-21-25-24-19(12-9-10-12)26(21)13-5-2-1-3-6-13/h1-3,5-6,12H,4,7-11H2,(H2,22,28)(H,23,27). The summed E-state index contributed by atoms with van der Waals surface area (Å²) in [5, 5.41) is 12.9. The SMILES string of the molecule is NC(=O)c1c(NC(=O)CSc2nnc(C3CC3)n2-c2ccccc2)sc2c1CCC2. The molecule has 3 aromatic rings. The Morgan fingerprint density at radius 3 is 2.73 bits per heavy atom. The molecule has 2 heterocycles. The molecule has 0 radical (unpaired) electrons. The lowest BCUT2D eigenvalue weighted by Gasteiger charge is -2.10. The highest BCUT2D eigenvalue weighted by atomic mass is 32.2. The van der Waals surface area contributed by atoms with Gasteiger partial charge in [-0.3, -0.25) is 14.2 Å². The molecule has 9 heteroatoms. The minimum atomic E-state index is -0.477. The molecule has 2 aromatic heterocycles. The molecule has 0 saturated heterocycles. The number of fused-ring (bicyclic) bond motifs is 1. The van der Waals surface area contributed by atoms with Crippen molar-refractivity contribution in [2.75, 3.05) is 11.1 Å². The van der Waals surface area contributed by atoms with Crippen LogP contribution in [0, 0.1) is 0 Å². The highest BCUT2D eigenvalue weighted by Gasteiger charge is 2.31. The number of rotatable bonds is 7. The maximum absolute atomic E-state index is 12.7. The number of carbonyl (C=O) groups is 2. The Morgan fingerprint density at radius 1 is 1.20 bits per heavy atom. The van der Waals surface area contributed by atoms with Gasteiger partial charge in [0.25, 0.3) is 5.91 Å². The third-order valence-corrected chi connectivity index (χ3v) is 7.50. The number of aromatic nitrogens is 3. The summed E-state index contributed by atoms with van der Waals surface area (Å²) in [6.07, 6.45) is 5.06. The summed E-state index contributed by atoms with van der Waals surface area (Å²) in [6, 6.07) is 9.97. The highest BCUT2D eigenvalue weighted by molar-refractivity contribution is 7.99. The molecule has 2 amide bonds. The number of thioether (sulfide) groups is 1. The smallest absolute Gasteiger partial charge is 0.251 e. The van der Waals surface area contributed by atoms with Crippen LogP contribution < -0.4 is 11.1 Å². The van der Waals surface area contributed by atoms with E-state index in [1.165, 1.54) is 23.1 Å². The van der Waals surface area contributed by atoms with Crippen molar-refractivity contribution in [2.24, 2.45) is 5.73 Å². The predicted molar refractivity (Wildman–Crippen MR) is 118 cm³/mol. The first-order valence-electron chi connectivity index (χ1n) is 9.99. The second-order valence-electron chi connectivity index (χ2n) is 7.55. The van der Waals surface area contributed by atoms with E-state index >= 15 is 0 Å². The molecule has 1 saturated carbocycles. The Balaban J connectivity index is 1.33. The van der Waals surface area contributed by atoms with Gasteiger partial charge in [0, 0.05) is 16.5 Å². The number of nitrogens with zero attached hydrogens (tertiary/aromatic N) is 3. The Bertz CT molecular complexity index is 1120. The molecule has 1 aromatic carbocycles. The van der Waals surface area contributed by atoms with Crippen molar-refractivity contribution < 1.29 is 9.59 Å². The summed E-state index contributed by atoms with van der Waals surface area (Å²) in [6.45, 7) is 0. The quantitative estimate of drug-likeness (QED) is 0.548. The number of anilines is 1. The number of para-hydroxylation sites is 1.